The minimum absolute atomic E-state index is 0.0494. The van der Waals surface area contributed by atoms with Crippen LogP contribution < -0.4 is 5.32 Å². The zero-order chi connectivity index (χ0) is 30.6. The first-order valence-corrected chi connectivity index (χ1v) is 19.9. The van der Waals surface area contributed by atoms with Crippen molar-refractivity contribution in [3.05, 3.63) is 0 Å². The minimum Gasteiger partial charge on any atom is -0.466 e. The Morgan fingerprint density at radius 2 is 0.929 bits per heavy atom. The molecule has 4 nitrogen and oxygen atoms in total. The minimum atomic E-state index is -0.0494. The van der Waals surface area contributed by atoms with Gasteiger partial charge in [-0.05, 0) is 25.0 Å². The fourth-order valence-electron chi connectivity index (χ4n) is 5.46. The van der Waals surface area contributed by atoms with Gasteiger partial charge in [0.05, 0.1) is 18.9 Å². The van der Waals surface area contributed by atoms with E-state index >= 15 is 0 Å². The predicted molar refractivity (Wildman–Crippen MR) is 189 cm³/mol. The van der Waals surface area contributed by atoms with Crippen molar-refractivity contribution in [3.63, 3.8) is 0 Å². The molecule has 0 aromatic rings. The van der Waals surface area contributed by atoms with Crippen LogP contribution in [0.5, 0.6) is 0 Å². The summed E-state index contributed by atoms with van der Waals surface area (Å²) < 4.78 is 5.39. The van der Waals surface area contributed by atoms with Crippen LogP contribution in [0.3, 0.4) is 0 Å². The summed E-state index contributed by atoms with van der Waals surface area (Å²) in [5.74, 6) is 2.46. The average molecular weight is 611 g/mol. The van der Waals surface area contributed by atoms with E-state index in [1.807, 2.05) is 11.8 Å². The summed E-state index contributed by atoms with van der Waals surface area (Å²) in [4.78, 5) is 11.9. The lowest BCUT2D eigenvalue weighted by Crippen LogP contribution is -2.23. The van der Waals surface area contributed by atoms with E-state index in [1.165, 1.54) is 161 Å². The van der Waals surface area contributed by atoms with Crippen molar-refractivity contribution >= 4 is 23.6 Å². The Kier molecular flexibility index (Phi) is 35.9. The molecule has 0 aliphatic carbocycles. The van der Waals surface area contributed by atoms with Gasteiger partial charge in [-0.3, -0.25) is 10.2 Å². The monoisotopic (exact) mass is 611 g/mol. The Morgan fingerprint density at radius 3 is 1.38 bits per heavy atom. The number of esters is 1. The lowest BCUT2D eigenvalue weighted by atomic mass is 10.0. The topological polar surface area (TPSA) is 62.2 Å². The first-order chi connectivity index (χ1) is 20.7. The van der Waals surface area contributed by atoms with Crippen LogP contribution >= 0.6 is 11.8 Å². The molecule has 0 aromatic heterocycles. The second-order valence-electron chi connectivity index (χ2n) is 12.6. The van der Waals surface area contributed by atoms with E-state index in [-0.39, 0.29) is 5.97 Å². The van der Waals surface area contributed by atoms with E-state index in [1.54, 1.807) is 0 Å². The van der Waals surface area contributed by atoms with Crippen molar-refractivity contribution in [2.45, 2.75) is 200 Å². The summed E-state index contributed by atoms with van der Waals surface area (Å²) in [6, 6.07) is 0. The van der Waals surface area contributed by atoms with Gasteiger partial charge < -0.3 is 10.1 Å². The third kappa shape index (κ3) is 35.5. The number of amidine groups is 1. The van der Waals surface area contributed by atoms with E-state index in [0.29, 0.717) is 18.9 Å². The standard InChI is InChI=1S/C37H74N2O2S/c1-3-5-7-9-11-13-15-16-17-18-19-20-21-23-25-27-32-39-36(38)30-29-34-42-35-31-37(40)41-33-28-26-24-22-14-12-10-8-6-4-2/h3-35H2,1-2H3,(H2,38,39). The largest absolute Gasteiger partial charge is 0.466 e. The van der Waals surface area contributed by atoms with Gasteiger partial charge in [0.25, 0.3) is 0 Å². The Labute approximate surface area is 268 Å². The summed E-state index contributed by atoms with van der Waals surface area (Å²) in [7, 11) is 0. The Hall–Kier alpha value is -0.710. The van der Waals surface area contributed by atoms with Gasteiger partial charge >= 0.3 is 5.97 Å². The fourth-order valence-corrected chi connectivity index (χ4v) is 6.32. The first-order valence-electron chi connectivity index (χ1n) is 18.7. The highest BCUT2D eigenvalue weighted by molar-refractivity contribution is 7.99. The van der Waals surface area contributed by atoms with Gasteiger partial charge in [0.2, 0.25) is 0 Å². The van der Waals surface area contributed by atoms with Crippen LogP contribution in [0.2, 0.25) is 0 Å². The van der Waals surface area contributed by atoms with Gasteiger partial charge in [-0.25, -0.2) is 0 Å². The summed E-state index contributed by atoms with van der Waals surface area (Å²) >= 11 is 1.81. The Bertz CT molecular complexity index is 558. The quantitative estimate of drug-likeness (QED) is 0.0324. The summed E-state index contributed by atoms with van der Waals surface area (Å²) in [6.45, 7) is 6.08. The number of rotatable bonds is 35. The summed E-state index contributed by atoms with van der Waals surface area (Å²) in [5, 5.41) is 11.4. The molecule has 42 heavy (non-hydrogen) atoms. The molecule has 0 spiro atoms. The molecule has 0 amide bonds. The first kappa shape index (κ1) is 41.3. The van der Waals surface area contributed by atoms with Gasteiger partial charge in [-0.1, -0.05) is 168 Å². The number of thioether (sulfide) groups is 1. The second-order valence-corrected chi connectivity index (χ2v) is 13.8. The molecule has 2 N–H and O–H groups in total. The lowest BCUT2D eigenvalue weighted by molar-refractivity contribution is -0.143. The maximum atomic E-state index is 11.9. The van der Waals surface area contributed by atoms with Gasteiger partial charge in [0.15, 0.2) is 0 Å². The molecule has 0 bridgehead atoms. The van der Waals surface area contributed by atoms with Crippen LogP contribution in [0.4, 0.5) is 0 Å². The van der Waals surface area contributed by atoms with Crippen molar-refractivity contribution in [1.29, 1.82) is 5.41 Å². The highest BCUT2D eigenvalue weighted by atomic mass is 32.2. The zero-order valence-electron chi connectivity index (χ0n) is 28.6. The van der Waals surface area contributed by atoms with Crippen LogP contribution in [0.1, 0.15) is 200 Å². The van der Waals surface area contributed by atoms with Gasteiger partial charge in [-0.2, -0.15) is 11.8 Å². The summed E-state index contributed by atoms with van der Waals surface area (Å²) in [6.07, 6.45) is 37.6. The Morgan fingerprint density at radius 1 is 0.524 bits per heavy atom. The second kappa shape index (κ2) is 36.5. The molecule has 0 atom stereocenters. The molecule has 0 saturated heterocycles. The van der Waals surface area contributed by atoms with Crippen molar-refractivity contribution in [2.75, 3.05) is 24.7 Å². The number of unbranched alkanes of at least 4 members (excludes halogenated alkanes) is 24. The lowest BCUT2D eigenvalue weighted by Gasteiger charge is -2.08. The molecule has 0 radical (unpaired) electrons. The molecule has 0 heterocycles. The summed E-state index contributed by atoms with van der Waals surface area (Å²) in [5.41, 5.74) is 0. The highest BCUT2D eigenvalue weighted by Gasteiger charge is 2.04. The molecule has 0 unspecified atom stereocenters. The van der Waals surface area contributed by atoms with Crippen molar-refractivity contribution < 1.29 is 9.53 Å². The number of carbonyl (C=O) groups excluding carboxylic acids is 1. The van der Waals surface area contributed by atoms with E-state index in [0.717, 1.165) is 37.3 Å². The van der Waals surface area contributed by atoms with Crippen LogP contribution in [0.25, 0.3) is 0 Å². The number of ether oxygens (including phenoxy) is 1. The van der Waals surface area contributed by atoms with Crippen molar-refractivity contribution in [2.24, 2.45) is 0 Å². The molecular weight excluding hydrogens is 536 g/mol. The van der Waals surface area contributed by atoms with Gasteiger partial charge in [-0.15, -0.1) is 0 Å². The molecule has 0 rings (SSSR count). The van der Waals surface area contributed by atoms with Crippen molar-refractivity contribution in [3.8, 4) is 0 Å². The van der Waals surface area contributed by atoms with Crippen LogP contribution in [-0.4, -0.2) is 36.5 Å². The van der Waals surface area contributed by atoms with Crippen LogP contribution in [0.15, 0.2) is 0 Å². The predicted octanol–water partition coefficient (Wildman–Crippen LogP) is 12.2. The number of hydrogen-bond acceptors (Lipinski definition) is 4. The van der Waals surface area contributed by atoms with E-state index < -0.39 is 0 Å². The number of hydrogen-bond donors (Lipinski definition) is 2. The third-order valence-electron chi connectivity index (χ3n) is 8.30. The van der Waals surface area contributed by atoms with E-state index in [4.69, 9.17) is 10.1 Å². The average Bonchev–Trinajstić information content (AvgIpc) is 2.99. The normalized spacial score (nSPS) is 11.2. The zero-order valence-corrected chi connectivity index (χ0v) is 29.4. The molecule has 0 aromatic carbocycles. The smallest absolute Gasteiger partial charge is 0.306 e. The Balaban J connectivity index is 3.24. The number of carbonyl (C=O) groups is 1. The number of nitrogens with one attached hydrogen (secondary N) is 2. The SMILES string of the molecule is CCCCCCCCCCCCCCCCCCNC(=N)CCCSCCC(=O)OCCCCCCCCCCCC. The van der Waals surface area contributed by atoms with E-state index in [9.17, 15) is 4.79 Å². The van der Waals surface area contributed by atoms with Crippen LogP contribution in [0, 0.1) is 5.41 Å². The molecule has 0 aliphatic heterocycles. The molecule has 5 heteroatoms. The van der Waals surface area contributed by atoms with Gasteiger partial charge in [0, 0.05) is 18.7 Å². The fraction of sp³-hybridized carbons (Fsp3) is 0.946. The van der Waals surface area contributed by atoms with Crippen molar-refractivity contribution in [1.82, 2.24) is 5.32 Å². The third-order valence-corrected chi connectivity index (χ3v) is 9.37. The molecule has 0 saturated carbocycles. The molecule has 250 valence electrons. The van der Waals surface area contributed by atoms with Gasteiger partial charge in [0.1, 0.15) is 0 Å². The van der Waals surface area contributed by atoms with Crippen LogP contribution in [-0.2, 0) is 9.53 Å². The highest BCUT2D eigenvalue weighted by Crippen LogP contribution is 2.14. The maximum absolute atomic E-state index is 11.9. The molecular formula is C37H74N2O2S. The maximum Gasteiger partial charge on any atom is 0.306 e. The van der Waals surface area contributed by atoms with E-state index in [2.05, 4.69) is 19.2 Å². The molecule has 0 aliphatic rings. The molecule has 0 fully saturated rings.